The molecule has 1 heteroatoms. The molecule has 0 saturated carbocycles. The molecular weight excluding hydrogens is 523 g/mol. The van der Waals surface area contributed by atoms with Gasteiger partial charge in [0.25, 0.3) is 0 Å². The molecule has 0 aliphatic rings. The summed E-state index contributed by atoms with van der Waals surface area (Å²) in [6.07, 6.45) is 6.28. The van der Waals surface area contributed by atoms with Crippen molar-refractivity contribution in [3.05, 3.63) is 107 Å². The number of halogens is 1. The van der Waals surface area contributed by atoms with E-state index in [9.17, 15) is 0 Å². The van der Waals surface area contributed by atoms with E-state index in [-0.39, 0.29) is 16.2 Å². The van der Waals surface area contributed by atoms with Crippen molar-refractivity contribution in [2.45, 2.75) is 89.9 Å². The number of benzene rings is 3. The molecule has 0 N–H and O–H groups in total. The molecule has 0 heterocycles. The van der Waals surface area contributed by atoms with Gasteiger partial charge in [-0.05, 0) is 55.9 Å². The van der Waals surface area contributed by atoms with E-state index < -0.39 is 0 Å². The Morgan fingerprint density at radius 2 is 0.853 bits per heavy atom. The van der Waals surface area contributed by atoms with Crippen LogP contribution in [-0.4, -0.2) is 4.43 Å². The Morgan fingerprint density at radius 3 is 1.26 bits per heavy atom. The Hall–Kier alpha value is -1.61. The molecule has 0 amide bonds. The van der Waals surface area contributed by atoms with Gasteiger partial charge >= 0.3 is 0 Å². The van der Waals surface area contributed by atoms with Crippen LogP contribution in [0.3, 0.4) is 0 Å². The summed E-state index contributed by atoms with van der Waals surface area (Å²) in [6.45, 7) is 13.8. The lowest BCUT2D eigenvalue weighted by Crippen LogP contribution is -2.30. The second-order valence-electron chi connectivity index (χ2n) is 11.8. The molecule has 3 rings (SSSR count). The fourth-order valence-electron chi connectivity index (χ4n) is 5.00. The summed E-state index contributed by atoms with van der Waals surface area (Å²) in [5, 5.41) is 0. The van der Waals surface area contributed by atoms with Crippen LogP contribution in [0.2, 0.25) is 0 Å². The maximum absolute atomic E-state index is 2.50. The molecule has 182 valence electrons. The zero-order valence-corrected chi connectivity index (χ0v) is 24.3. The summed E-state index contributed by atoms with van der Waals surface area (Å²) < 4.78 is 1.25. The summed E-state index contributed by atoms with van der Waals surface area (Å²) in [6, 6.07) is 30.2. The molecule has 3 aromatic rings. The number of hydrogen-bond acceptors (Lipinski definition) is 0. The monoisotopic (exact) mass is 566 g/mol. The summed E-state index contributed by atoms with van der Waals surface area (Å²) in [4.78, 5) is 0. The lowest BCUT2D eigenvalue weighted by Gasteiger charge is -2.37. The van der Waals surface area contributed by atoms with Gasteiger partial charge in [-0.1, -0.05) is 162 Å². The van der Waals surface area contributed by atoms with Gasteiger partial charge in [-0.15, -0.1) is 0 Å². The van der Waals surface area contributed by atoms with E-state index in [0.29, 0.717) is 0 Å². The Balaban J connectivity index is 2.16. The van der Waals surface area contributed by atoms with Crippen LogP contribution in [0.1, 0.15) is 101 Å². The molecule has 0 atom stereocenters. The normalized spacial score (nSPS) is 12.7. The van der Waals surface area contributed by atoms with Crippen LogP contribution in [-0.2, 0) is 16.2 Å². The van der Waals surface area contributed by atoms with Crippen molar-refractivity contribution < 1.29 is 0 Å². The van der Waals surface area contributed by atoms with E-state index in [1.54, 1.807) is 0 Å². The average Bonchev–Trinajstić information content (AvgIpc) is 2.81. The third kappa shape index (κ3) is 6.33. The summed E-state index contributed by atoms with van der Waals surface area (Å²) in [7, 11) is 0. The Bertz CT molecular complexity index is 942. The smallest absolute Gasteiger partial charge is 0.0451 e. The number of hydrogen-bond donors (Lipinski definition) is 0. The van der Waals surface area contributed by atoms with E-state index >= 15 is 0 Å². The Morgan fingerprint density at radius 1 is 0.471 bits per heavy atom. The summed E-state index contributed by atoms with van der Waals surface area (Å²) in [5.41, 5.74) is 7.16. The highest BCUT2D eigenvalue weighted by atomic mass is 127. The van der Waals surface area contributed by atoms with Crippen molar-refractivity contribution in [1.29, 1.82) is 0 Å². The highest BCUT2D eigenvalue weighted by Crippen LogP contribution is 2.44. The third-order valence-corrected chi connectivity index (χ3v) is 7.95. The van der Waals surface area contributed by atoms with E-state index in [1.165, 1.54) is 57.9 Å². The predicted octanol–water partition coefficient (Wildman–Crippen LogP) is 10.0. The van der Waals surface area contributed by atoms with E-state index in [0.717, 1.165) is 6.42 Å². The fraction of sp³-hybridized carbons (Fsp3) is 0.455. The van der Waals surface area contributed by atoms with Crippen LogP contribution in [0.4, 0.5) is 0 Å². The van der Waals surface area contributed by atoms with Crippen molar-refractivity contribution in [1.82, 2.24) is 0 Å². The van der Waals surface area contributed by atoms with Crippen molar-refractivity contribution in [2.24, 2.45) is 0 Å². The van der Waals surface area contributed by atoms with Crippen molar-refractivity contribution >= 4 is 22.6 Å². The molecule has 0 bridgehead atoms. The highest BCUT2D eigenvalue weighted by molar-refractivity contribution is 14.1. The van der Waals surface area contributed by atoms with Gasteiger partial charge in [0.05, 0.1) is 0 Å². The molecule has 0 saturated heterocycles. The molecule has 0 nitrogen and oxygen atoms in total. The van der Waals surface area contributed by atoms with Crippen LogP contribution >= 0.6 is 22.6 Å². The lowest BCUT2D eigenvalue weighted by atomic mass is 9.65. The molecular formula is C33H43I. The van der Waals surface area contributed by atoms with Gasteiger partial charge in [-0.2, -0.15) is 0 Å². The molecule has 0 unspecified atom stereocenters. The van der Waals surface area contributed by atoms with Crippen molar-refractivity contribution in [3.63, 3.8) is 0 Å². The minimum Gasteiger partial charge on any atom is -0.0864 e. The average molecular weight is 567 g/mol. The van der Waals surface area contributed by atoms with E-state index in [1.807, 2.05) is 0 Å². The van der Waals surface area contributed by atoms with Crippen LogP contribution in [0.5, 0.6) is 0 Å². The maximum Gasteiger partial charge on any atom is 0.0451 e. The molecule has 3 aromatic carbocycles. The number of unbranched alkanes of at least 4 members (excludes halogenated alkanes) is 3. The predicted molar refractivity (Wildman–Crippen MR) is 159 cm³/mol. The second kappa shape index (κ2) is 11.4. The summed E-state index contributed by atoms with van der Waals surface area (Å²) >= 11 is 2.50. The van der Waals surface area contributed by atoms with Crippen LogP contribution in [0.25, 0.3) is 0 Å². The van der Waals surface area contributed by atoms with Crippen molar-refractivity contribution in [3.8, 4) is 0 Å². The molecule has 0 radical (unpaired) electrons. The molecule has 0 fully saturated rings. The van der Waals surface area contributed by atoms with Gasteiger partial charge in [0.2, 0.25) is 0 Å². The first-order valence-corrected chi connectivity index (χ1v) is 14.4. The lowest BCUT2D eigenvalue weighted by molar-refractivity contribution is 0.506. The first kappa shape index (κ1) is 27.0. The van der Waals surface area contributed by atoms with Gasteiger partial charge in [-0.25, -0.2) is 0 Å². The quantitative estimate of drug-likeness (QED) is 0.105. The third-order valence-electron chi connectivity index (χ3n) is 7.19. The molecule has 34 heavy (non-hydrogen) atoms. The van der Waals surface area contributed by atoms with Crippen LogP contribution < -0.4 is 0 Å². The maximum atomic E-state index is 2.50. The fourth-order valence-corrected chi connectivity index (χ4v) is 5.54. The van der Waals surface area contributed by atoms with Crippen LogP contribution in [0.15, 0.2) is 78.9 Å². The van der Waals surface area contributed by atoms with Gasteiger partial charge in [0.15, 0.2) is 0 Å². The largest absolute Gasteiger partial charge is 0.0864 e. The SMILES string of the molecule is CC(C)(C)c1ccc(C(CCCCCCI)(c2ccccc2)c2ccc(C(C)(C)C)cc2)cc1. The minimum atomic E-state index is -0.140. The molecule has 0 aliphatic heterocycles. The van der Waals surface area contributed by atoms with Gasteiger partial charge in [0.1, 0.15) is 0 Å². The van der Waals surface area contributed by atoms with Gasteiger partial charge < -0.3 is 0 Å². The Kier molecular flexibility index (Phi) is 9.06. The van der Waals surface area contributed by atoms with Crippen LogP contribution in [0, 0.1) is 0 Å². The topological polar surface area (TPSA) is 0 Å². The molecule has 0 aromatic heterocycles. The number of alkyl halides is 1. The zero-order chi connectivity index (χ0) is 24.8. The van der Waals surface area contributed by atoms with Gasteiger partial charge in [-0.3, -0.25) is 0 Å². The first-order valence-electron chi connectivity index (χ1n) is 12.9. The minimum absolute atomic E-state index is 0.140. The van der Waals surface area contributed by atoms with E-state index in [2.05, 4.69) is 143 Å². The molecule has 0 spiro atoms. The summed E-state index contributed by atoms with van der Waals surface area (Å²) in [5.74, 6) is 0. The van der Waals surface area contributed by atoms with Gasteiger partial charge in [0, 0.05) is 5.41 Å². The van der Waals surface area contributed by atoms with Crippen molar-refractivity contribution in [2.75, 3.05) is 4.43 Å². The molecule has 0 aliphatic carbocycles. The Labute approximate surface area is 222 Å². The number of rotatable bonds is 9. The second-order valence-corrected chi connectivity index (χ2v) is 12.9. The van der Waals surface area contributed by atoms with E-state index in [4.69, 9.17) is 0 Å². The first-order chi connectivity index (χ1) is 16.1. The highest BCUT2D eigenvalue weighted by Gasteiger charge is 2.36. The standard InChI is InChI=1S/C33H43I/c1-31(2,3)26-16-20-29(21-17-26)33(24-12-7-8-13-25-34,28-14-10-9-11-15-28)30-22-18-27(19-23-30)32(4,5)6/h9-11,14-23H,7-8,12-13,24-25H2,1-6H3. The zero-order valence-electron chi connectivity index (χ0n) is 22.1.